The van der Waals surface area contributed by atoms with Gasteiger partial charge >= 0.3 is 6.18 Å². The van der Waals surface area contributed by atoms with Gasteiger partial charge in [0.25, 0.3) is 0 Å². The summed E-state index contributed by atoms with van der Waals surface area (Å²) < 4.78 is 57.0. The Balaban J connectivity index is 1.95. The Morgan fingerprint density at radius 3 is 2.79 bits per heavy atom. The molecular weight excluding hydrogens is 404 g/mol. The summed E-state index contributed by atoms with van der Waals surface area (Å²) in [6.45, 7) is 4.18. The van der Waals surface area contributed by atoms with Crippen molar-refractivity contribution in [1.29, 1.82) is 5.26 Å². The second-order valence-electron chi connectivity index (χ2n) is 6.77. The molecule has 2 aromatic heterocycles. The molecule has 0 bridgehead atoms. The largest absolute Gasteiger partial charge is 0.435 e. The standard InChI is InChI=1S/C20H16F4N4S/c1-3-28-9-12(19(27-28)20(22,23)24)17-11(5-4-6-13(17)21)18-16-10(2)14(7-25)29-15(16)8-26-18/h4-6,9,18,26H,3,8H2,1-2H3. The molecule has 29 heavy (non-hydrogen) atoms. The van der Waals surface area contributed by atoms with Gasteiger partial charge in [0.15, 0.2) is 5.69 Å². The maximum absolute atomic E-state index is 14.9. The second kappa shape index (κ2) is 6.97. The minimum Gasteiger partial charge on any atom is -0.301 e. The number of halogens is 4. The molecule has 4 rings (SSSR count). The van der Waals surface area contributed by atoms with Crippen LogP contribution in [0.1, 0.15) is 45.1 Å². The van der Waals surface area contributed by atoms with Gasteiger partial charge in [-0.05, 0) is 36.6 Å². The second-order valence-corrected chi connectivity index (χ2v) is 7.87. The van der Waals surface area contributed by atoms with E-state index in [1.165, 1.54) is 23.6 Å². The van der Waals surface area contributed by atoms with Crippen molar-refractivity contribution in [2.24, 2.45) is 0 Å². The number of aryl methyl sites for hydroxylation is 1. The number of alkyl halides is 3. The number of benzene rings is 1. The third-order valence-corrected chi connectivity index (χ3v) is 6.32. The molecule has 0 aliphatic carbocycles. The highest BCUT2D eigenvalue weighted by Crippen LogP contribution is 2.45. The van der Waals surface area contributed by atoms with Crippen LogP contribution in [0, 0.1) is 24.1 Å². The molecule has 3 heterocycles. The van der Waals surface area contributed by atoms with E-state index < -0.39 is 23.7 Å². The lowest BCUT2D eigenvalue weighted by Crippen LogP contribution is -2.16. The molecule has 0 amide bonds. The topological polar surface area (TPSA) is 53.6 Å². The Kier molecular flexibility index (Phi) is 4.71. The van der Waals surface area contributed by atoms with E-state index in [-0.39, 0.29) is 17.7 Å². The maximum atomic E-state index is 14.9. The number of hydrogen-bond acceptors (Lipinski definition) is 4. The van der Waals surface area contributed by atoms with Gasteiger partial charge in [-0.2, -0.15) is 23.5 Å². The predicted molar refractivity (Wildman–Crippen MR) is 101 cm³/mol. The number of hydrogen-bond donors (Lipinski definition) is 1. The lowest BCUT2D eigenvalue weighted by atomic mass is 9.90. The minimum atomic E-state index is -4.71. The fourth-order valence-electron chi connectivity index (χ4n) is 3.81. The zero-order chi connectivity index (χ0) is 20.9. The van der Waals surface area contributed by atoms with Crippen LogP contribution in [0.15, 0.2) is 24.4 Å². The molecule has 1 unspecified atom stereocenters. The van der Waals surface area contributed by atoms with Gasteiger partial charge in [-0.1, -0.05) is 12.1 Å². The Morgan fingerprint density at radius 2 is 2.14 bits per heavy atom. The highest BCUT2D eigenvalue weighted by molar-refractivity contribution is 7.12. The molecule has 4 nitrogen and oxygen atoms in total. The van der Waals surface area contributed by atoms with Crippen molar-refractivity contribution in [2.75, 3.05) is 0 Å². The average Bonchev–Trinajstić information content (AvgIpc) is 3.35. The summed E-state index contributed by atoms with van der Waals surface area (Å²) in [7, 11) is 0. The summed E-state index contributed by atoms with van der Waals surface area (Å²) >= 11 is 1.35. The first kappa shape index (κ1) is 19.6. The highest BCUT2D eigenvalue weighted by Gasteiger charge is 2.40. The van der Waals surface area contributed by atoms with Crippen LogP contribution in [0.4, 0.5) is 17.6 Å². The van der Waals surface area contributed by atoms with Crippen molar-refractivity contribution in [3.63, 3.8) is 0 Å². The summed E-state index contributed by atoms with van der Waals surface area (Å²) in [5.41, 5.74) is 0.511. The molecule has 0 saturated heterocycles. The summed E-state index contributed by atoms with van der Waals surface area (Å²) in [5.74, 6) is -0.743. The molecule has 0 radical (unpaired) electrons. The van der Waals surface area contributed by atoms with E-state index in [1.54, 1.807) is 13.0 Å². The van der Waals surface area contributed by atoms with Gasteiger partial charge in [-0.25, -0.2) is 4.39 Å². The molecule has 1 aromatic carbocycles. The third-order valence-electron chi connectivity index (χ3n) is 5.11. The monoisotopic (exact) mass is 420 g/mol. The predicted octanol–water partition coefficient (Wildman–Crippen LogP) is 5.16. The Bertz CT molecular complexity index is 1140. The third kappa shape index (κ3) is 3.12. The maximum Gasteiger partial charge on any atom is 0.435 e. The molecule has 1 N–H and O–H groups in total. The number of nitrogens with one attached hydrogen (secondary N) is 1. The SMILES string of the molecule is CCn1cc(-c2c(F)cccc2C2NCc3sc(C#N)c(C)c32)c(C(F)(F)F)n1. The molecule has 0 spiro atoms. The first-order valence-corrected chi connectivity index (χ1v) is 9.77. The summed E-state index contributed by atoms with van der Waals surface area (Å²) in [6, 6.07) is 5.91. The van der Waals surface area contributed by atoms with Gasteiger partial charge in [-0.3, -0.25) is 4.68 Å². The lowest BCUT2D eigenvalue weighted by molar-refractivity contribution is -0.141. The molecular formula is C20H16F4N4S. The van der Waals surface area contributed by atoms with E-state index in [4.69, 9.17) is 0 Å². The van der Waals surface area contributed by atoms with Crippen LogP contribution >= 0.6 is 11.3 Å². The van der Waals surface area contributed by atoms with E-state index in [2.05, 4.69) is 16.5 Å². The minimum absolute atomic E-state index is 0.117. The number of fused-ring (bicyclic) bond motifs is 1. The molecule has 150 valence electrons. The molecule has 3 aromatic rings. The normalized spacial score (nSPS) is 16.1. The summed E-state index contributed by atoms with van der Waals surface area (Å²) in [6.07, 6.45) is -3.47. The van der Waals surface area contributed by atoms with E-state index in [0.717, 1.165) is 26.8 Å². The number of nitriles is 1. The smallest absolute Gasteiger partial charge is 0.301 e. The van der Waals surface area contributed by atoms with Crippen molar-refractivity contribution in [1.82, 2.24) is 15.1 Å². The number of rotatable bonds is 3. The molecule has 1 aliphatic heterocycles. The number of thiophene rings is 1. The van der Waals surface area contributed by atoms with Crippen molar-refractivity contribution >= 4 is 11.3 Å². The average molecular weight is 420 g/mol. The van der Waals surface area contributed by atoms with Crippen LogP contribution in [0.3, 0.4) is 0 Å². The molecule has 1 aliphatic rings. The van der Waals surface area contributed by atoms with Crippen LogP contribution in [-0.4, -0.2) is 9.78 Å². The summed E-state index contributed by atoms with van der Waals surface area (Å²) in [4.78, 5) is 1.51. The number of nitrogens with zero attached hydrogens (tertiary/aromatic N) is 3. The molecule has 9 heteroatoms. The zero-order valence-corrected chi connectivity index (χ0v) is 16.4. The molecule has 0 fully saturated rings. The fourth-order valence-corrected chi connectivity index (χ4v) is 4.90. The molecule has 0 saturated carbocycles. The van der Waals surface area contributed by atoms with Crippen molar-refractivity contribution < 1.29 is 17.6 Å². The first-order chi connectivity index (χ1) is 13.8. The van der Waals surface area contributed by atoms with Gasteiger partial charge in [0, 0.05) is 35.3 Å². The first-order valence-electron chi connectivity index (χ1n) is 8.95. The zero-order valence-electron chi connectivity index (χ0n) is 15.6. The Labute approximate surface area is 168 Å². The van der Waals surface area contributed by atoms with Crippen LogP contribution in [0.5, 0.6) is 0 Å². The van der Waals surface area contributed by atoms with Crippen LogP contribution < -0.4 is 5.32 Å². The van der Waals surface area contributed by atoms with Crippen molar-refractivity contribution in [3.8, 4) is 17.2 Å². The van der Waals surface area contributed by atoms with Crippen LogP contribution in [-0.2, 0) is 19.3 Å². The van der Waals surface area contributed by atoms with Gasteiger partial charge in [0.2, 0.25) is 0 Å². The van der Waals surface area contributed by atoms with Crippen LogP contribution in [0.25, 0.3) is 11.1 Å². The van der Waals surface area contributed by atoms with Gasteiger partial charge < -0.3 is 5.32 Å². The van der Waals surface area contributed by atoms with E-state index in [1.807, 2.05) is 6.92 Å². The quantitative estimate of drug-likeness (QED) is 0.596. The molecule has 1 atom stereocenters. The Morgan fingerprint density at radius 1 is 1.38 bits per heavy atom. The van der Waals surface area contributed by atoms with E-state index in [9.17, 15) is 22.8 Å². The van der Waals surface area contributed by atoms with Gasteiger partial charge in [-0.15, -0.1) is 11.3 Å². The van der Waals surface area contributed by atoms with E-state index >= 15 is 0 Å². The fraction of sp³-hybridized carbons (Fsp3) is 0.300. The number of aromatic nitrogens is 2. The highest BCUT2D eigenvalue weighted by atomic mass is 32.1. The van der Waals surface area contributed by atoms with Gasteiger partial charge in [0.05, 0.1) is 6.04 Å². The summed E-state index contributed by atoms with van der Waals surface area (Å²) in [5, 5.41) is 16.2. The Hall–Kier alpha value is -2.70. The van der Waals surface area contributed by atoms with Crippen molar-refractivity contribution in [3.05, 3.63) is 62.4 Å². The van der Waals surface area contributed by atoms with Crippen LogP contribution in [0.2, 0.25) is 0 Å². The lowest BCUT2D eigenvalue weighted by Gasteiger charge is -2.19. The van der Waals surface area contributed by atoms with E-state index in [0.29, 0.717) is 17.0 Å². The van der Waals surface area contributed by atoms with Crippen molar-refractivity contribution in [2.45, 2.75) is 39.2 Å². The van der Waals surface area contributed by atoms with Gasteiger partial charge in [0.1, 0.15) is 16.8 Å².